The number of nitrogens with one attached hydrogen (secondary N) is 1. The Labute approximate surface area is 127 Å². The second-order valence-electron chi connectivity index (χ2n) is 4.18. The lowest BCUT2D eigenvalue weighted by molar-refractivity contribution is 0.340. The fourth-order valence-corrected chi connectivity index (χ4v) is 1.83. The maximum Gasteiger partial charge on any atom is 0.287 e. The van der Waals surface area contributed by atoms with Gasteiger partial charge in [0.1, 0.15) is 16.5 Å². The van der Waals surface area contributed by atoms with Gasteiger partial charge in [-0.1, -0.05) is 23.7 Å². The molecule has 0 fully saturated rings. The van der Waals surface area contributed by atoms with E-state index in [0.29, 0.717) is 12.3 Å². The molecule has 7 heteroatoms. The van der Waals surface area contributed by atoms with Gasteiger partial charge in [0.15, 0.2) is 0 Å². The molecule has 0 aliphatic carbocycles. The average molecular weight is 307 g/mol. The Balaban J connectivity index is 2.11. The minimum absolute atomic E-state index is 0.0488. The number of hydrazone groups is 1. The van der Waals surface area contributed by atoms with Crippen LogP contribution in [0.5, 0.6) is 5.75 Å². The molecule has 2 rings (SSSR count). The van der Waals surface area contributed by atoms with Crippen LogP contribution in [0.3, 0.4) is 0 Å². The largest absolute Gasteiger partial charge is 0.494 e. The molecule has 1 N–H and O–H groups in total. The second kappa shape index (κ2) is 6.90. The van der Waals surface area contributed by atoms with Crippen LogP contribution in [-0.4, -0.2) is 22.6 Å². The van der Waals surface area contributed by atoms with E-state index in [2.05, 4.69) is 15.6 Å². The van der Waals surface area contributed by atoms with Gasteiger partial charge < -0.3 is 4.74 Å². The lowest BCUT2D eigenvalue weighted by atomic mass is 10.2. The van der Waals surface area contributed by atoms with Crippen LogP contribution >= 0.6 is 11.6 Å². The Bertz CT molecular complexity index is 712. The van der Waals surface area contributed by atoms with Gasteiger partial charge in [-0.3, -0.25) is 10.2 Å². The van der Waals surface area contributed by atoms with Crippen LogP contribution < -0.4 is 15.7 Å². The number of nitrogens with zero attached hydrogens (tertiary/aromatic N) is 3. The third-order valence-electron chi connectivity index (χ3n) is 2.65. The quantitative estimate of drug-likeness (QED) is 0.679. The molecule has 110 valence electrons. The van der Waals surface area contributed by atoms with Gasteiger partial charge in [-0.05, 0) is 24.6 Å². The number of halogens is 1. The van der Waals surface area contributed by atoms with E-state index in [9.17, 15) is 4.79 Å². The van der Waals surface area contributed by atoms with Gasteiger partial charge in [0.05, 0.1) is 19.0 Å². The molecule has 1 heterocycles. The summed E-state index contributed by atoms with van der Waals surface area (Å²) in [5, 5.41) is 7.96. The van der Waals surface area contributed by atoms with Gasteiger partial charge in [-0.15, -0.1) is 0 Å². The van der Waals surface area contributed by atoms with Crippen molar-refractivity contribution in [3.8, 4) is 5.75 Å². The standard InChI is InChI=1S/C14H15ClN4O2/c1-3-21-11-6-4-5-10(7-11)8-16-18-12-9-17-19(2)14(20)13(12)15/h4-9,18H,3H2,1-2H3/b16-8-. The van der Waals surface area contributed by atoms with Crippen LogP contribution in [0.15, 0.2) is 40.4 Å². The van der Waals surface area contributed by atoms with Crippen LogP contribution in [0.4, 0.5) is 5.69 Å². The molecule has 6 nitrogen and oxygen atoms in total. The van der Waals surface area contributed by atoms with Crippen LogP contribution in [0.2, 0.25) is 5.02 Å². The molecule has 1 aromatic heterocycles. The molecule has 0 radical (unpaired) electrons. The molecule has 0 amide bonds. The summed E-state index contributed by atoms with van der Waals surface area (Å²) in [7, 11) is 1.53. The van der Waals surface area contributed by atoms with E-state index >= 15 is 0 Å². The first kappa shape index (κ1) is 15.1. The van der Waals surface area contributed by atoms with Crippen LogP contribution in [-0.2, 0) is 7.05 Å². The molecule has 0 bridgehead atoms. The molecule has 0 saturated heterocycles. The van der Waals surface area contributed by atoms with Gasteiger partial charge in [0.25, 0.3) is 5.56 Å². The number of aromatic nitrogens is 2. The van der Waals surface area contributed by atoms with Crippen LogP contribution in [0.1, 0.15) is 12.5 Å². The molecule has 2 aromatic rings. The number of hydrogen-bond donors (Lipinski definition) is 1. The molecule has 0 atom stereocenters. The first-order valence-corrected chi connectivity index (χ1v) is 6.73. The topological polar surface area (TPSA) is 68.5 Å². The minimum atomic E-state index is -0.379. The molecule has 0 aliphatic rings. The highest BCUT2D eigenvalue weighted by atomic mass is 35.5. The van der Waals surface area contributed by atoms with Crippen LogP contribution in [0.25, 0.3) is 0 Å². The number of ether oxygens (including phenoxy) is 1. The predicted octanol–water partition coefficient (Wildman–Crippen LogP) is 2.28. The molecular weight excluding hydrogens is 292 g/mol. The summed E-state index contributed by atoms with van der Waals surface area (Å²) >= 11 is 5.92. The first-order chi connectivity index (χ1) is 10.1. The van der Waals surface area contributed by atoms with Crippen molar-refractivity contribution < 1.29 is 4.74 Å². The van der Waals surface area contributed by atoms with Gasteiger partial charge in [-0.2, -0.15) is 10.2 Å². The SMILES string of the molecule is CCOc1cccc(/C=N\Nc2cnn(C)c(=O)c2Cl)c1. The van der Waals surface area contributed by atoms with Gasteiger partial charge in [0, 0.05) is 7.05 Å². The van der Waals surface area contributed by atoms with Crippen LogP contribution in [0, 0.1) is 0 Å². The van der Waals surface area contributed by atoms with E-state index in [-0.39, 0.29) is 10.6 Å². The molecule has 1 aromatic carbocycles. The highest BCUT2D eigenvalue weighted by Gasteiger charge is 2.05. The second-order valence-corrected chi connectivity index (χ2v) is 4.55. The van der Waals surface area contributed by atoms with Crippen molar-refractivity contribution >= 4 is 23.5 Å². The smallest absolute Gasteiger partial charge is 0.287 e. The zero-order valence-electron chi connectivity index (χ0n) is 11.7. The van der Waals surface area contributed by atoms with Gasteiger partial charge in [0.2, 0.25) is 0 Å². The van der Waals surface area contributed by atoms with E-state index in [1.165, 1.54) is 13.2 Å². The highest BCUT2D eigenvalue weighted by Crippen LogP contribution is 2.15. The lowest BCUT2D eigenvalue weighted by Crippen LogP contribution is -2.20. The third kappa shape index (κ3) is 3.82. The van der Waals surface area contributed by atoms with Crippen molar-refractivity contribution in [1.82, 2.24) is 9.78 Å². The summed E-state index contributed by atoms with van der Waals surface area (Å²) in [5.41, 5.74) is 3.54. The molecule has 0 spiro atoms. The van der Waals surface area contributed by atoms with Gasteiger partial charge in [-0.25, -0.2) is 4.68 Å². The molecule has 0 unspecified atom stereocenters. The molecule has 21 heavy (non-hydrogen) atoms. The van der Waals surface area contributed by atoms with Gasteiger partial charge >= 0.3 is 0 Å². The average Bonchev–Trinajstić information content (AvgIpc) is 2.48. The van der Waals surface area contributed by atoms with Crippen molar-refractivity contribution in [2.45, 2.75) is 6.92 Å². The molecule has 0 saturated carbocycles. The number of benzene rings is 1. The highest BCUT2D eigenvalue weighted by molar-refractivity contribution is 6.32. The summed E-state index contributed by atoms with van der Waals surface area (Å²) < 4.78 is 6.56. The molecule has 0 aliphatic heterocycles. The normalized spacial score (nSPS) is 10.8. The monoisotopic (exact) mass is 306 g/mol. The summed E-state index contributed by atoms with van der Waals surface area (Å²) in [5.74, 6) is 0.773. The van der Waals surface area contributed by atoms with Crippen molar-refractivity contribution in [3.05, 3.63) is 51.4 Å². The number of anilines is 1. The Morgan fingerprint density at radius 2 is 2.33 bits per heavy atom. The van der Waals surface area contributed by atoms with E-state index in [0.717, 1.165) is 16.0 Å². The predicted molar refractivity (Wildman–Crippen MR) is 83.3 cm³/mol. The number of aryl methyl sites for hydroxylation is 1. The van der Waals surface area contributed by atoms with Crippen molar-refractivity contribution in [2.24, 2.45) is 12.1 Å². The third-order valence-corrected chi connectivity index (χ3v) is 3.01. The van der Waals surface area contributed by atoms with E-state index < -0.39 is 0 Å². The fourth-order valence-electron chi connectivity index (χ4n) is 1.62. The minimum Gasteiger partial charge on any atom is -0.494 e. The maximum atomic E-state index is 11.6. The lowest BCUT2D eigenvalue weighted by Gasteiger charge is -2.04. The Morgan fingerprint density at radius 1 is 1.52 bits per heavy atom. The Hall–Kier alpha value is -2.34. The van der Waals surface area contributed by atoms with E-state index in [4.69, 9.17) is 16.3 Å². The van der Waals surface area contributed by atoms with E-state index in [1.807, 2.05) is 31.2 Å². The number of hydrogen-bond acceptors (Lipinski definition) is 5. The fraction of sp³-hybridized carbons (Fsp3) is 0.214. The zero-order valence-corrected chi connectivity index (χ0v) is 12.5. The van der Waals surface area contributed by atoms with Crippen molar-refractivity contribution in [1.29, 1.82) is 0 Å². The molecular formula is C14H15ClN4O2. The summed E-state index contributed by atoms with van der Waals surface area (Å²) in [4.78, 5) is 11.6. The first-order valence-electron chi connectivity index (χ1n) is 6.35. The Morgan fingerprint density at radius 3 is 3.10 bits per heavy atom. The maximum absolute atomic E-state index is 11.6. The van der Waals surface area contributed by atoms with E-state index in [1.54, 1.807) is 6.21 Å². The summed E-state index contributed by atoms with van der Waals surface area (Å²) in [6, 6.07) is 7.49. The zero-order chi connectivity index (χ0) is 15.2. The summed E-state index contributed by atoms with van der Waals surface area (Å²) in [6.07, 6.45) is 3.05. The number of rotatable bonds is 5. The summed E-state index contributed by atoms with van der Waals surface area (Å²) in [6.45, 7) is 2.53. The van der Waals surface area contributed by atoms with Crippen molar-refractivity contribution in [2.75, 3.05) is 12.0 Å². The van der Waals surface area contributed by atoms with Crippen molar-refractivity contribution in [3.63, 3.8) is 0 Å². The Kier molecular flexibility index (Phi) is 4.94.